The summed E-state index contributed by atoms with van der Waals surface area (Å²) in [4.78, 5) is 12.1. The maximum absolute atomic E-state index is 12.1. The first kappa shape index (κ1) is 18.3. The lowest BCUT2D eigenvalue weighted by atomic mass is 10.2. The van der Waals surface area contributed by atoms with Gasteiger partial charge in [0.15, 0.2) is 11.5 Å². The number of nitrogens with zero attached hydrogens (tertiary/aromatic N) is 1. The molecule has 132 valence electrons. The smallest absolute Gasteiger partial charge is 0.271 e. The van der Waals surface area contributed by atoms with Gasteiger partial charge in [-0.2, -0.15) is 5.10 Å². The maximum Gasteiger partial charge on any atom is 0.271 e. The van der Waals surface area contributed by atoms with Gasteiger partial charge in [0.2, 0.25) is 0 Å². The number of carbonyl (C=O) groups excluding carboxylic acids is 1. The average molecular weight is 342 g/mol. The third-order valence-corrected chi connectivity index (χ3v) is 3.38. The van der Waals surface area contributed by atoms with Crippen molar-refractivity contribution in [2.24, 2.45) is 5.10 Å². The molecule has 0 fully saturated rings. The fourth-order valence-electron chi connectivity index (χ4n) is 2.09. The van der Waals surface area contributed by atoms with Gasteiger partial charge < -0.3 is 14.2 Å². The summed E-state index contributed by atoms with van der Waals surface area (Å²) < 4.78 is 15.9. The zero-order valence-electron chi connectivity index (χ0n) is 14.6. The Morgan fingerprint density at radius 1 is 1.08 bits per heavy atom. The molecule has 0 saturated heterocycles. The molecule has 6 heteroatoms. The molecule has 2 rings (SSSR count). The number of benzene rings is 2. The van der Waals surface area contributed by atoms with Crippen LogP contribution in [0.2, 0.25) is 0 Å². The van der Waals surface area contributed by atoms with Crippen molar-refractivity contribution in [2.75, 3.05) is 20.8 Å². The number of hydrogen-bond donors (Lipinski definition) is 1. The van der Waals surface area contributed by atoms with Gasteiger partial charge in [-0.3, -0.25) is 4.79 Å². The van der Waals surface area contributed by atoms with E-state index in [2.05, 4.69) is 10.5 Å². The molecule has 0 bridgehead atoms. The van der Waals surface area contributed by atoms with Crippen LogP contribution in [-0.2, 0) is 0 Å². The van der Waals surface area contributed by atoms with Gasteiger partial charge in [-0.25, -0.2) is 5.43 Å². The lowest BCUT2D eigenvalue weighted by Crippen LogP contribution is -2.17. The van der Waals surface area contributed by atoms with Crippen molar-refractivity contribution >= 4 is 12.1 Å². The van der Waals surface area contributed by atoms with Crippen LogP contribution in [-0.4, -0.2) is 32.9 Å². The molecule has 2 aromatic carbocycles. The fraction of sp³-hybridized carbons (Fsp3) is 0.263. The van der Waals surface area contributed by atoms with E-state index in [0.29, 0.717) is 23.7 Å². The van der Waals surface area contributed by atoms with Crippen LogP contribution in [0.5, 0.6) is 17.2 Å². The predicted molar refractivity (Wildman–Crippen MR) is 96.8 cm³/mol. The lowest BCUT2D eigenvalue weighted by Gasteiger charge is -2.07. The minimum absolute atomic E-state index is 0.293. The van der Waals surface area contributed by atoms with Crippen LogP contribution >= 0.6 is 0 Å². The molecule has 0 spiro atoms. The summed E-state index contributed by atoms with van der Waals surface area (Å²) in [6.45, 7) is 2.69. The van der Waals surface area contributed by atoms with Gasteiger partial charge in [-0.05, 0) is 54.4 Å². The van der Waals surface area contributed by atoms with Crippen molar-refractivity contribution in [3.8, 4) is 17.2 Å². The summed E-state index contributed by atoms with van der Waals surface area (Å²) in [6, 6.07) is 12.3. The Morgan fingerprint density at radius 3 is 2.44 bits per heavy atom. The zero-order valence-corrected chi connectivity index (χ0v) is 14.6. The lowest BCUT2D eigenvalue weighted by molar-refractivity contribution is 0.0955. The largest absolute Gasteiger partial charge is 0.494 e. The van der Waals surface area contributed by atoms with Crippen molar-refractivity contribution in [1.82, 2.24) is 5.43 Å². The van der Waals surface area contributed by atoms with Crippen molar-refractivity contribution in [1.29, 1.82) is 0 Å². The van der Waals surface area contributed by atoms with Crippen molar-refractivity contribution in [3.05, 3.63) is 53.6 Å². The van der Waals surface area contributed by atoms with Crippen LogP contribution in [0, 0.1) is 0 Å². The maximum atomic E-state index is 12.1. The highest BCUT2D eigenvalue weighted by Gasteiger charge is 2.05. The highest BCUT2D eigenvalue weighted by atomic mass is 16.5. The molecule has 0 radical (unpaired) electrons. The second kappa shape index (κ2) is 9.32. The normalized spacial score (nSPS) is 10.5. The Kier molecular flexibility index (Phi) is 6.83. The number of amides is 1. The predicted octanol–water partition coefficient (Wildman–Crippen LogP) is 3.26. The monoisotopic (exact) mass is 342 g/mol. The van der Waals surface area contributed by atoms with E-state index in [-0.39, 0.29) is 5.91 Å². The van der Waals surface area contributed by atoms with Crippen LogP contribution in [0.25, 0.3) is 0 Å². The van der Waals surface area contributed by atoms with E-state index in [0.717, 1.165) is 17.7 Å². The van der Waals surface area contributed by atoms with Crippen LogP contribution in [0.1, 0.15) is 29.3 Å². The summed E-state index contributed by atoms with van der Waals surface area (Å²) in [7, 11) is 3.14. The molecular formula is C19H22N2O4. The third-order valence-electron chi connectivity index (χ3n) is 3.38. The van der Waals surface area contributed by atoms with Crippen LogP contribution < -0.4 is 19.6 Å². The Morgan fingerprint density at radius 2 is 1.80 bits per heavy atom. The number of methoxy groups -OCH3 is 2. The first-order chi connectivity index (χ1) is 12.2. The molecule has 0 aliphatic heterocycles. The molecule has 1 amide bonds. The van der Waals surface area contributed by atoms with Gasteiger partial charge in [0.05, 0.1) is 27.0 Å². The number of nitrogens with one attached hydrogen (secondary N) is 1. The zero-order chi connectivity index (χ0) is 18.1. The SMILES string of the molecule is CCCOc1ccc(C(=O)N/N=C\c2ccc(OC)c(OC)c2)cc1. The highest BCUT2D eigenvalue weighted by molar-refractivity contribution is 5.95. The van der Waals surface area contributed by atoms with E-state index in [1.54, 1.807) is 56.8 Å². The van der Waals surface area contributed by atoms with Crippen LogP contribution in [0.4, 0.5) is 0 Å². The molecule has 0 aliphatic carbocycles. The molecule has 0 unspecified atom stereocenters. The number of hydrazone groups is 1. The van der Waals surface area contributed by atoms with Crippen LogP contribution in [0.15, 0.2) is 47.6 Å². The number of rotatable bonds is 8. The van der Waals surface area contributed by atoms with E-state index in [4.69, 9.17) is 14.2 Å². The summed E-state index contributed by atoms with van der Waals surface area (Å²) in [5.74, 6) is 1.68. The molecule has 0 saturated carbocycles. The van der Waals surface area contributed by atoms with Gasteiger partial charge in [-0.15, -0.1) is 0 Å². The number of hydrogen-bond acceptors (Lipinski definition) is 5. The van der Waals surface area contributed by atoms with Crippen molar-refractivity contribution in [2.45, 2.75) is 13.3 Å². The standard InChI is InChI=1S/C19H22N2O4/c1-4-11-25-16-8-6-15(7-9-16)19(22)21-20-13-14-5-10-17(23-2)18(12-14)24-3/h5-10,12-13H,4,11H2,1-3H3,(H,21,22)/b20-13-. The topological polar surface area (TPSA) is 69.2 Å². The first-order valence-electron chi connectivity index (χ1n) is 7.96. The molecule has 25 heavy (non-hydrogen) atoms. The Bertz CT molecular complexity index is 727. The molecule has 6 nitrogen and oxygen atoms in total. The van der Waals surface area contributed by atoms with Gasteiger partial charge >= 0.3 is 0 Å². The number of carbonyl (C=O) groups is 1. The number of ether oxygens (including phenoxy) is 3. The minimum Gasteiger partial charge on any atom is -0.494 e. The Hall–Kier alpha value is -3.02. The molecular weight excluding hydrogens is 320 g/mol. The quantitative estimate of drug-likeness (QED) is 0.590. The van der Waals surface area contributed by atoms with Gasteiger partial charge in [0.1, 0.15) is 5.75 Å². The van der Waals surface area contributed by atoms with Gasteiger partial charge in [-0.1, -0.05) is 6.92 Å². The Labute approximate surface area is 147 Å². The average Bonchev–Trinajstić information content (AvgIpc) is 2.66. The second-order valence-corrected chi connectivity index (χ2v) is 5.19. The second-order valence-electron chi connectivity index (χ2n) is 5.19. The first-order valence-corrected chi connectivity index (χ1v) is 7.96. The summed E-state index contributed by atoms with van der Waals surface area (Å²) >= 11 is 0. The summed E-state index contributed by atoms with van der Waals surface area (Å²) in [5.41, 5.74) is 3.78. The van der Waals surface area contributed by atoms with E-state index >= 15 is 0 Å². The minimum atomic E-state index is -0.293. The van der Waals surface area contributed by atoms with Crippen molar-refractivity contribution in [3.63, 3.8) is 0 Å². The molecule has 0 heterocycles. The Balaban J connectivity index is 1.96. The molecule has 2 aromatic rings. The molecule has 0 atom stereocenters. The van der Waals surface area contributed by atoms with E-state index in [1.807, 2.05) is 13.0 Å². The van der Waals surface area contributed by atoms with Gasteiger partial charge in [0, 0.05) is 5.56 Å². The van der Waals surface area contributed by atoms with E-state index < -0.39 is 0 Å². The van der Waals surface area contributed by atoms with Crippen LogP contribution in [0.3, 0.4) is 0 Å². The van der Waals surface area contributed by atoms with Crippen molar-refractivity contribution < 1.29 is 19.0 Å². The molecule has 0 aliphatic rings. The molecule has 1 N–H and O–H groups in total. The summed E-state index contributed by atoms with van der Waals surface area (Å²) in [5, 5.41) is 3.97. The third kappa shape index (κ3) is 5.24. The van der Waals surface area contributed by atoms with E-state index in [9.17, 15) is 4.79 Å². The molecule has 0 aromatic heterocycles. The van der Waals surface area contributed by atoms with E-state index in [1.165, 1.54) is 0 Å². The fourth-order valence-corrected chi connectivity index (χ4v) is 2.09. The van der Waals surface area contributed by atoms with Gasteiger partial charge in [0.25, 0.3) is 5.91 Å². The summed E-state index contributed by atoms with van der Waals surface area (Å²) in [6.07, 6.45) is 2.48. The highest BCUT2D eigenvalue weighted by Crippen LogP contribution is 2.26.